The van der Waals surface area contributed by atoms with Crippen molar-refractivity contribution in [2.75, 3.05) is 39.9 Å². The summed E-state index contributed by atoms with van der Waals surface area (Å²) in [6, 6.07) is 0.197. The molecule has 2 aliphatic rings. The van der Waals surface area contributed by atoms with Crippen molar-refractivity contribution >= 4 is 11.9 Å². The van der Waals surface area contributed by atoms with Crippen LogP contribution in [0.4, 0.5) is 4.79 Å². The number of hydrogen-bond acceptors (Lipinski definition) is 5. The molecule has 1 aromatic rings. The molecule has 2 aliphatic heterocycles. The van der Waals surface area contributed by atoms with Gasteiger partial charge < -0.3 is 19.9 Å². The maximum absolute atomic E-state index is 12.5. The molecule has 9 heteroatoms. The van der Waals surface area contributed by atoms with Crippen molar-refractivity contribution in [1.82, 2.24) is 30.1 Å². The van der Waals surface area contributed by atoms with Gasteiger partial charge in [0.1, 0.15) is 0 Å². The van der Waals surface area contributed by atoms with Crippen LogP contribution in [0.5, 0.6) is 0 Å². The fourth-order valence-corrected chi connectivity index (χ4v) is 3.95. The first-order valence-electron chi connectivity index (χ1n) is 10.4. The fourth-order valence-electron chi connectivity index (χ4n) is 3.95. The number of amides is 3. The minimum absolute atomic E-state index is 0.00398. The number of hydrogen-bond donors (Lipinski definition) is 1. The zero-order valence-electron chi connectivity index (χ0n) is 16.8. The van der Waals surface area contributed by atoms with E-state index in [0.29, 0.717) is 25.4 Å². The van der Waals surface area contributed by atoms with Gasteiger partial charge in [0.15, 0.2) is 5.69 Å². The van der Waals surface area contributed by atoms with E-state index in [2.05, 4.69) is 15.6 Å². The van der Waals surface area contributed by atoms with Gasteiger partial charge in [0.25, 0.3) is 5.91 Å². The average molecular weight is 393 g/mol. The number of aryl methyl sites for hydroxylation is 1. The molecule has 3 amide bonds. The van der Waals surface area contributed by atoms with Gasteiger partial charge in [-0.15, -0.1) is 5.10 Å². The Morgan fingerprint density at radius 2 is 2.00 bits per heavy atom. The highest BCUT2D eigenvalue weighted by Crippen LogP contribution is 2.20. The summed E-state index contributed by atoms with van der Waals surface area (Å²) in [4.78, 5) is 28.7. The maximum Gasteiger partial charge on any atom is 0.317 e. The highest BCUT2D eigenvalue weighted by atomic mass is 16.5. The third-order valence-electron chi connectivity index (χ3n) is 5.53. The Balaban J connectivity index is 1.49. The Kier molecular flexibility index (Phi) is 7.64. The number of rotatable bonds is 8. The Labute approximate surface area is 166 Å². The van der Waals surface area contributed by atoms with Gasteiger partial charge in [-0.1, -0.05) is 5.21 Å². The molecular formula is C19H32N6O3. The molecule has 2 fully saturated rings. The molecule has 156 valence electrons. The second-order valence-corrected chi connectivity index (χ2v) is 7.58. The molecule has 1 unspecified atom stereocenters. The van der Waals surface area contributed by atoms with E-state index in [1.807, 2.05) is 9.80 Å². The number of carbonyl (C=O) groups is 2. The quantitative estimate of drug-likeness (QED) is 0.677. The van der Waals surface area contributed by atoms with Crippen LogP contribution in [0.2, 0.25) is 0 Å². The topological polar surface area (TPSA) is 92.6 Å². The van der Waals surface area contributed by atoms with Crippen molar-refractivity contribution in [3.8, 4) is 0 Å². The summed E-state index contributed by atoms with van der Waals surface area (Å²) >= 11 is 0. The number of piperidine rings is 1. The van der Waals surface area contributed by atoms with Crippen LogP contribution in [0, 0.1) is 0 Å². The first-order valence-corrected chi connectivity index (χ1v) is 10.4. The summed E-state index contributed by atoms with van der Waals surface area (Å²) in [7, 11) is 1.66. The number of likely N-dealkylation sites (tertiary alicyclic amines) is 2. The van der Waals surface area contributed by atoms with E-state index in [1.54, 1.807) is 18.0 Å². The molecule has 28 heavy (non-hydrogen) atoms. The highest BCUT2D eigenvalue weighted by Gasteiger charge is 2.27. The second-order valence-electron chi connectivity index (χ2n) is 7.58. The normalized spacial score (nSPS) is 19.8. The smallest absolute Gasteiger partial charge is 0.317 e. The van der Waals surface area contributed by atoms with Crippen LogP contribution in [-0.2, 0) is 11.3 Å². The molecule has 1 aromatic heterocycles. The molecule has 0 saturated carbocycles. The van der Waals surface area contributed by atoms with Crippen molar-refractivity contribution in [3.63, 3.8) is 0 Å². The molecule has 9 nitrogen and oxygen atoms in total. The number of ether oxygens (including phenoxy) is 1. The molecule has 3 heterocycles. The lowest BCUT2D eigenvalue weighted by molar-refractivity contribution is 0.0787. The first-order chi connectivity index (χ1) is 13.7. The van der Waals surface area contributed by atoms with Crippen LogP contribution in [0.15, 0.2) is 6.20 Å². The van der Waals surface area contributed by atoms with Gasteiger partial charge >= 0.3 is 6.03 Å². The number of nitrogens with zero attached hydrogens (tertiary/aromatic N) is 5. The molecule has 0 aromatic carbocycles. The van der Waals surface area contributed by atoms with Gasteiger partial charge in [-0.25, -0.2) is 4.79 Å². The standard InChI is InChI=1S/C19H32N6O3/c1-28-14-6-9-20-19(27)25-12-3-2-7-16(25)8-13-24-15-17(21-22-24)18(26)23-10-4-5-11-23/h15-16H,2-14H2,1H3,(H,20,27). The predicted molar refractivity (Wildman–Crippen MR) is 104 cm³/mol. The molecule has 0 spiro atoms. The van der Waals surface area contributed by atoms with Crippen LogP contribution in [-0.4, -0.2) is 82.7 Å². The second kappa shape index (κ2) is 10.4. The van der Waals surface area contributed by atoms with Crippen molar-refractivity contribution in [2.45, 2.75) is 57.5 Å². The average Bonchev–Trinajstić information content (AvgIpc) is 3.41. The Hall–Kier alpha value is -2.16. The van der Waals surface area contributed by atoms with Gasteiger partial charge in [0.2, 0.25) is 0 Å². The molecule has 2 saturated heterocycles. The molecule has 1 N–H and O–H groups in total. The third kappa shape index (κ3) is 5.43. The van der Waals surface area contributed by atoms with Gasteiger partial charge in [0, 0.05) is 52.5 Å². The zero-order chi connectivity index (χ0) is 19.8. The molecule has 3 rings (SSSR count). The van der Waals surface area contributed by atoms with Crippen LogP contribution in [0.1, 0.15) is 55.4 Å². The van der Waals surface area contributed by atoms with E-state index >= 15 is 0 Å². The van der Waals surface area contributed by atoms with E-state index < -0.39 is 0 Å². The lowest BCUT2D eigenvalue weighted by Gasteiger charge is -2.35. The lowest BCUT2D eigenvalue weighted by Crippen LogP contribution is -2.49. The van der Waals surface area contributed by atoms with Gasteiger partial charge in [-0.05, 0) is 44.9 Å². The number of methoxy groups -OCH3 is 1. The first kappa shape index (κ1) is 20.6. The van der Waals surface area contributed by atoms with Crippen LogP contribution < -0.4 is 5.32 Å². The largest absolute Gasteiger partial charge is 0.385 e. The monoisotopic (exact) mass is 392 g/mol. The summed E-state index contributed by atoms with van der Waals surface area (Å²) < 4.78 is 6.75. The molecule has 1 atom stereocenters. The predicted octanol–water partition coefficient (Wildman–Crippen LogP) is 1.50. The number of urea groups is 1. The maximum atomic E-state index is 12.5. The van der Waals surface area contributed by atoms with E-state index in [-0.39, 0.29) is 18.0 Å². The zero-order valence-corrected chi connectivity index (χ0v) is 16.8. The van der Waals surface area contributed by atoms with Crippen LogP contribution in [0.25, 0.3) is 0 Å². The molecule has 0 radical (unpaired) electrons. The van der Waals surface area contributed by atoms with Gasteiger partial charge in [-0.3, -0.25) is 9.48 Å². The lowest BCUT2D eigenvalue weighted by atomic mass is 10.00. The number of nitrogens with one attached hydrogen (secondary N) is 1. The summed E-state index contributed by atoms with van der Waals surface area (Å²) in [6.45, 7) is 4.33. The van der Waals surface area contributed by atoms with Crippen molar-refractivity contribution in [1.29, 1.82) is 0 Å². The van der Waals surface area contributed by atoms with Crippen LogP contribution >= 0.6 is 0 Å². The Morgan fingerprint density at radius 3 is 2.79 bits per heavy atom. The van der Waals surface area contributed by atoms with E-state index in [4.69, 9.17) is 4.74 Å². The van der Waals surface area contributed by atoms with Gasteiger partial charge in [0.05, 0.1) is 6.20 Å². The SMILES string of the molecule is COCCCNC(=O)N1CCCCC1CCn1cc(C(=O)N2CCCC2)nn1. The minimum atomic E-state index is -0.0292. The minimum Gasteiger partial charge on any atom is -0.385 e. The summed E-state index contributed by atoms with van der Waals surface area (Å²) in [5.41, 5.74) is 0.415. The Morgan fingerprint density at radius 1 is 1.21 bits per heavy atom. The van der Waals surface area contributed by atoms with E-state index in [9.17, 15) is 9.59 Å². The molecule has 0 aliphatic carbocycles. The summed E-state index contributed by atoms with van der Waals surface area (Å²) in [6.07, 6.45) is 8.65. The Bertz CT molecular complexity index is 643. The van der Waals surface area contributed by atoms with Crippen LogP contribution in [0.3, 0.4) is 0 Å². The third-order valence-corrected chi connectivity index (χ3v) is 5.53. The number of carbonyl (C=O) groups excluding carboxylic acids is 2. The summed E-state index contributed by atoms with van der Waals surface area (Å²) in [5.74, 6) is -0.0292. The molecule has 0 bridgehead atoms. The van der Waals surface area contributed by atoms with E-state index in [0.717, 1.165) is 64.6 Å². The molecular weight excluding hydrogens is 360 g/mol. The van der Waals surface area contributed by atoms with Crippen molar-refractivity contribution in [2.24, 2.45) is 0 Å². The fraction of sp³-hybridized carbons (Fsp3) is 0.789. The highest BCUT2D eigenvalue weighted by molar-refractivity contribution is 5.92. The van der Waals surface area contributed by atoms with Crippen molar-refractivity contribution < 1.29 is 14.3 Å². The summed E-state index contributed by atoms with van der Waals surface area (Å²) in [5, 5.41) is 11.2. The number of aromatic nitrogens is 3. The van der Waals surface area contributed by atoms with E-state index in [1.165, 1.54) is 0 Å². The van der Waals surface area contributed by atoms with Crippen molar-refractivity contribution in [3.05, 3.63) is 11.9 Å². The van der Waals surface area contributed by atoms with Gasteiger partial charge in [-0.2, -0.15) is 0 Å².